The minimum absolute atomic E-state index is 0.0368. The lowest BCUT2D eigenvalue weighted by Crippen LogP contribution is -2.28. The van der Waals surface area contributed by atoms with Gasteiger partial charge in [-0.3, -0.25) is 9.79 Å². The lowest BCUT2D eigenvalue weighted by Gasteiger charge is -2.16. The van der Waals surface area contributed by atoms with E-state index in [0.717, 1.165) is 12.6 Å². The molecule has 6 heteroatoms. The fourth-order valence-corrected chi connectivity index (χ4v) is 1.34. The van der Waals surface area contributed by atoms with Crippen LogP contribution in [0.25, 0.3) is 0 Å². The van der Waals surface area contributed by atoms with Gasteiger partial charge in [0.1, 0.15) is 6.04 Å². The van der Waals surface area contributed by atoms with Gasteiger partial charge in [-0.25, -0.2) is 4.79 Å². The summed E-state index contributed by atoms with van der Waals surface area (Å²) in [7, 11) is 1.28. The molecule has 0 aliphatic carbocycles. The van der Waals surface area contributed by atoms with Gasteiger partial charge in [0.05, 0.1) is 19.8 Å². The first-order valence-electron chi connectivity index (χ1n) is 6.19. The van der Waals surface area contributed by atoms with Crippen LogP contribution in [0.1, 0.15) is 27.2 Å². The normalized spacial score (nSPS) is 15.3. The predicted octanol–water partition coefficient (Wildman–Crippen LogP) is 1.35. The van der Waals surface area contributed by atoms with Gasteiger partial charge in [-0.2, -0.15) is 5.26 Å². The minimum Gasteiger partial charge on any atom is -0.467 e. The minimum atomic E-state index is -1.10. The number of methoxy groups -OCH3 is 1. The molecule has 0 fully saturated rings. The zero-order valence-corrected chi connectivity index (χ0v) is 11.8. The third-order valence-corrected chi connectivity index (χ3v) is 2.70. The van der Waals surface area contributed by atoms with Crippen LogP contribution in [0.15, 0.2) is 4.99 Å². The van der Waals surface area contributed by atoms with Crippen LogP contribution in [0.4, 0.5) is 0 Å². The average Bonchev–Trinajstić information content (AvgIpc) is 2.42. The third kappa shape index (κ3) is 5.51. The molecule has 6 nitrogen and oxygen atoms in total. The molecule has 0 aromatic carbocycles. The van der Waals surface area contributed by atoms with E-state index < -0.39 is 23.9 Å². The Kier molecular flexibility index (Phi) is 8.18. The molecule has 0 radical (unpaired) electrons. The molecule has 0 aliphatic rings. The van der Waals surface area contributed by atoms with Crippen molar-refractivity contribution in [1.29, 1.82) is 5.26 Å². The van der Waals surface area contributed by atoms with E-state index in [2.05, 4.69) is 9.73 Å². The van der Waals surface area contributed by atoms with Crippen LogP contribution >= 0.6 is 0 Å². The van der Waals surface area contributed by atoms with Crippen LogP contribution in [-0.2, 0) is 19.1 Å². The quantitative estimate of drug-likeness (QED) is 0.513. The maximum Gasteiger partial charge on any atom is 0.330 e. The van der Waals surface area contributed by atoms with Gasteiger partial charge >= 0.3 is 11.9 Å². The van der Waals surface area contributed by atoms with Crippen LogP contribution in [0.5, 0.6) is 0 Å². The van der Waals surface area contributed by atoms with E-state index in [1.165, 1.54) is 7.11 Å². The van der Waals surface area contributed by atoms with Crippen LogP contribution in [0.3, 0.4) is 0 Å². The van der Waals surface area contributed by atoms with Crippen molar-refractivity contribution >= 4 is 18.2 Å². The van der Waals surface area contributed by atoms with E-state index in [1.807, 2.05) is 13.8 Å². The number of carbonyl (C=O) groups excluding carboxylic acids is 2. The maximum absolute atomic E-state index is 11.6. The van der Waals surface area contributed by atoms with E-state index in [4.69, 9.17) is 10.00 Å². The van der Waals surface area contributed by atoms with Crippen LogP contribution in [0, 0.1) is 23.2 Å². The van der Waals surface area contributed by atoms with Gasteiger partial charge in [0.25, 0.3) is 0 Å². The molecule has 0 N–H and O–H groups in total. The monoisotopic (exact) mass is 268 g/mol. The smallest absolute Gasteiger partial charge is 0.330 e. The highest BCUT2D eigenvalue weighted by Crippen LogP contribution is 2.13. The van der Waals surface area contributed by atoms with Crippen molar-refractivity contribution in [3.63, 3.8) is 0 Å². The molecule has 1 unspecified atom stereocenters. The summed E-state index contributed by atoms with van der Waals surface area (Å²) in [6.45, 7) is 5.62. The van der Waals surface area contributed by atoms with E-state index in [9.17, 15) is 9.59 Å². The van der Waals surface area contributed by atoms with Gasteiger partial charge in [0.15, 0.2) is 5.92 Å². The van der Waals surface area contributed by atoms with Crippen molar-refractivity contribution in [2.24, 2.45) is 16.8 Å². The number of nitriles is 1. The molecule has 0 bridgehead atoms. The summed E-state index contributed by atoms with van der Waals surface area (Å²) in [5, 5.41) is 8.87. The van der Waals surface area contributed by atoms with Gasteiger partial charge in [0, 0.05) is 6.21 Å². The Hall–Kier alpha value is -1.90. The Labute approximate surface area is 113 Å². The number of esters is 2. The molecule has 106 valence electrons. The Balaban J connectivity index is 4.90. The van der Waals surface area contributed by atoms with Gasteiger partial charge in [-0.15, -0.1) is 0 Å². The summed E-state index contributed by atoms with van der Waals surface area (Å²) >= 11 is 0. The van der Waals surface area contributed by atoms with E-state index in [-0.39, 0.29) is 12.5 Å². The number of carbonyl (C=O) groups is 2. The first kappa shape index (κ1) is 17.1. The first-order valence-corrected chi connectivity index (χ1v) is 6.19. The topological polar surface area (TPSA) is 88.8 Å². The van der Waals surface area contributed by atoms with Crippen molar-refractivity contribution in [1.82, 2.24) is 0 Å². The van der Waals surface area contributed by atoms with Crippen LogP contribution in [0.2, 0.25) is 0 Å². The van der Waals surface area contributed by atoms with Gasteiger partial charge in [-0.05, 0) is 12.8 Å². The molecule has 3 atom stereocenters. The molecule has 0 saturated heterocycles. The van der Waals surface area contributed by atoms with Crippen LogP contribution in [-0.4, -0.2) is 37.9 Å². The SMILES string of the molecule is CCOC(=O)C(C#N)C=N[C@@H](C(=O)OC)[C@@H](C)CC. The molecule has 0 spiro atoms. The van der Waals surface area contributed by atoms with Crippen LogP contribution < -0.4 is 0 Å². The fourth-order valence-electron chi connectivity index (χ4n) is 1.34. The second kappa shape index (κ2) is 9.09. The zero-order chi connectivity index (χ0) is 14.8. The summed E-state index contributed by atoms with van der Waals surface area (Å²) in [5.74, 6) is -2.28. The highest BCUT2D eigenvalue weighted by molar-refractivity contribution is 5.93. The Bertz CT molecular complexity index is 373. The van der Waals surface area contributed by atoms with Crippen molar-refractivity contribution in [2.45, 2.75) is 33.2 Å². The van der Waals surface area contributed by atoms with Crippen molar-refractivity contribution in [3.8, 4) is 6.07 Å². The van der Waals surface area contributed by atoms with Crippen molar-refractivity contribution in [2.75, 3.05) is 13.7 Å². The molecule has 0 aromatic heterocycles. The largest absolute Gasteiger partial charge is 0.467 e. The summed E-state index contributed by atoms with van der Waals surface area (Å²) < 4.78 is 9.39. The molecular weight excluding hydrogens is 248 g/mol. The summed E-state index contributed by atoms with van der Waals surface area (Å²) in [5.41, 5.74) is 0. The second-order valence-electron chi connectivity index (χ2n) is 4.01. The van der Waals surface area contributed by atoms with Gasteiger partial charge in [0.2, 0.25) is 0 Å². The highest BCUT2D eigenvalue weighted by Gasteiger charge is 2.25. The van der Waals surface area contributed by atoms with E-state index in [1.54, 1.807) is 13.0 Å². The Morgan fingerprint density at radius 3 is 2.42 bits per heavy atom. The number of aliphatic imine (C=N–C) groups is 1. The Morgan fingerprint density at radius 1 is 1.37 bits per heavy atom. The molecule has 0 rings (SSSR count). The van der Waals surface area contributed by atoms with Crippen molar-refractivity contribution in [3.05, 3.63) is 0 Å². The molecule has 0 heterocycles. The second-order valence-corrected chi connectivity index (χ2v) is 4.01. The molecular formula is C13H20N2O4. The number of nitrogens with zero attached hydrogens (tertiary/aromatic N) is 2. The van der Waals surface area contributed by atoms with Gasteiger partial charge in [-0.1, -0.05) is 20.3 Å². The summed E-state index contributed by atoms with van der Waals surface area (Å²) in [6, 6.07) is 1.07. The van der Waals surface area contributed by atoms with Crippen molar-refractivity contribution < 1.29 is 19.1 Å². The van der Waals surface area contributed by atoms with Gasteiger partial charge < -0.3 is 9.47 Å². The summed E-state index contributed by atoms with van der Waals surface area (Å²) in [6.07, 6.45) is 1.89. The number of rotatable bonds is 7. The maximum atomic E-state index is 11.6. The predicted molar refractivity (Wildman–Crippen MR) is 69.5 cm³/mol. The third-order valence-electron chi connectivity index (χ3n) is 2.70. The zero-order valence-electron chi connectivity index (χ0n) is 11.8. The van der Waals surface area contributed by atoms with E-state index in [0.29, 0.717) is 0 Å². The molecule has 19 heavy (non-hydrogen) atoms. The standard InChI is InChI=1S/C13H20N2O4/c1-5-9(3)11(13(17)18-4)15-8-10(7-14)12(16)19-6-2/h8-11H,5-6H2,1-4H3/t9-,10?,11+/m0/s1. The molecule has 0 aromatic rings. The van der Waals surface area contributed by atoms with E-state index >= 15 is 0 Å². The lowest BCUT2D eigenvalue weighted by atomic mass is 10.00. The molecule has 0 amide bonds. The Morgan fingerprint density at radius 2 is 2.00 bits per heavy atom. The first-order chi connectivity index (χ1) is 9.01. The number of ether oxygens (including phenoxy) is 2. The molecule has 0 saturated carbocycles. The fraction of sp³-hybridized carbons (Fsp3) is 0.692. The highest BCUT2D eigenvalue weighted by atomic mass is 16.5. The average molecular weight is 268 g/mol. The number of hydrogen-bond donors (Lipinski definition) is 0. The summed E-state index contributed by atoms with van der Waals surface area (Å²) in [4.78, 5) is 27.0. The lowest BCUT2D eigenvalue weighted by molar-refractivity contribution is -0.145. The number of hydrogen-bond acceptors (Lipinski definition) is 6. The molecule has 0 aliphatic heterocycles.